The van der Waals surface area contributed by atoms with Crippen LogP contribution in [0.2, 0.25) is 5.02 Å². The molecule has 1 aromatic heterocycles. The van der Waals surface area contributed by atoms with Crippen LogP contribution in [0.25, 0.3) is 0 Å². The minimum absolute atomic E-state index is 0.0849. The number of pyridine rings is 1. The Balaban J connectivity index is 1.70. The van der Waals surface area contributed by atoms with E-state index in [1.54, 1.807) is 42.6 Å². The van der Waals surface area contributed by atoms with E-state index in [-0.39, 0.29) is 24.0 Å². The second kappa shape index (κ2) is 7.54. The van der Waals surface area contributed by atoms with Gasteiger partial charge in [0.05, 0.1) is 11.4 Å². The molecule has 7 nitrogen and oxygen atoms in total. The molecule has 0 bridgehead atoms. The highest BCUT2D eigenvalue weighted by atomic mass is 35.5. The summed E-state index contributed by atoms with van der Waals surface area (Å²) in [6.45, 7) is -0.160. The summed E-state index contributed by atoms with van der Waals surface area (Å²) in [5, 5.41) is 4.40. The van der Waals surface area contributed by atoms with E-state index in [4.69, 9.17) is 17.3 Å². The number of nitrogens with one attached hydrogen (secondary N) is 1. The second-order valence-corrected chi connectivity index (χ2v) is 6.58. The fourth-order valence-electron chi connectivity index (χ4n) is 2.22. The van der Waals surface area contributed by atoms with Crippen molar-refractivity contribution in [2.24, 2.45) is 10.8 Å². The smallest absolute Gasteiger partial charge is 0.260 e. The number of hydrazone groups is 1. The first-order chi connectivity index (χ1) is 12.0. The lowest BCUT2D eigenvalue weighted by Gasteiger charge is -2.28. The number of amides is 2. The standard InChI is InChI=1S/C16H14ClN5O2S/c17-10-4-5-12-13(7-10)25-9-15(24)22(12)8-14(23)20-21-16(18)11-3-1-2-6-19-11/h1-7H,8-9H2,(H2,18,21)(H,20,23). The normalized spacial score (nSPS) is 14.2. The van der Waals surface area contributed by atoms with Crippen LogP contribution in [-0.4, -0.2) is 34.9 Å². The summed E-state index contributed by atoms with van der Waals surface area (Å²) in [6, 6.07) is 10.4. The molecule has 2 aromatic rings. The van der Waals surface area contributed by atoms with Gasteiger partial charge in [0, 0.05) is 16.1 Å². The number of carbonyl (C=O) groups excluding carboxylic acids is 2. The van der Waals surface area contributed by atoms with Crippen LogP contribution < -0.4 is 16.1 Å². The van der Waals surface area contributed by atoms with E-state index in [0.29, 0.717) is 16.4 Å². The molecule has 1 aromatic carbocycles. The van der Waals surface area contributed by atoms with E-state index in [1.165, 1.54) is 16.7 Å². The second-order valence-electron chi connectivity index (χ2n) is 5.13. The van der Waals surface area contributed by atoms with E-state index in [0.717, 1.165) is 4.90 Å². The fraction of sp³-hybridized carbons (Fsp3) is 0.125. The van der Waals surface area contributed by atoms with Crippen LogP contribution in [0.15, 0.2) is 52.6 Å². The van der Waals surface area contributed by atoms with Crippen molar-refractivity contribution in [1.82, 2.24) is 10.4 Å². The van der Waals surface area contributed by atoms with Gasteiger partial charge < -0.3 is 10.6 Å². The number of amidine groups is 1. The Hall–Kier alpha value is -2.58. The highest BCUT2D eigenvalue weighted by Crippen LogP contribution is 2.36. The molecule has 0 atom stereocenters. The average molecular weight is 376 g/mol. The lowest BCUT2D eigenvalue weighted by molar-refractivity contribution is -0.122. The quantitative estimate of drug-likeness (QED) is 0.480. The van der Waals surface area contributed by atoms with Gasteiger partial charge in [-0.1, -0.05) is 17.7 Å². The number of nitrogens with two attached hydrogens (primary N) is 1. The summed E-state index contributed by atoms with van der Waals surface area (Å²) in [5.41, 5.74) is 9.23. The summed E-state index contributed by atoms with van der Waals surface area (Å²) in [7, 11) is 0. The molecule has 1 aliphatic heterocycles. The molecule has 3 rings (SSSR count). The lowest BCUT2D eigenvalue weighted by Crippen LogP contribution is -2.42. The van der Waals surface area contributed by atoms with Crippen molar-refractivity contribution < 1.29 is 9.59 Å². The molecule has 9 heteroatoms. The number of benzene rings is 1. The number of nitrogens with zero attached hydrogens (tertiary/aromatic N) is 3. The number of halogens is 1. The molecule has 0 aliphatic carbocycles. The van der Waals surface area contributed by atoms with Crippen LogP contribution in [0.5, 0.6) is 0 Å². The van der Waals surface area contributed by atoms with Crippen LogP contribution >= 0.6 is 23.4 Å². The number of hydrogen-bond donors (Lipinski definition) is 2. The van der Waals surface area contributed by atoms with Crippen LogP contribution in [0.1, 0.15) is 5.69 Å². The van der Waals surface area contributed by atoms with Gasteiger partial charge in [-0.05, 0) is 30.3 Å². The average Bonchev–Trinajstić information content (AvgIpc) is 2.63. The maximum Gasteiger partial charge on any atom is 0.260 e. The Kier molecular flexibility index (Phi) is 5.20. The van der Waals surface area contributed by atoms with E-state index < -0.39 is 5.91 Å². The van der Waals surface area contributed by atoms with Crippen molar-refractivity contribution in [1.29, 1.82) is 0 Å². The van der Waals surface area contributed by atoms with Crippen LogP contribution in [0.4, 0.5) is 5.69 Å². The number of anilines is 1. The van der Waals surface area contributed by atoms with E-state index in [9.17, 15) is 9.59 Å². The molecule has 0 saturated heterocycles. The van der Waals surface area contributed by atoms with Crippen molar-refractivity contribution >= 4 is 46.7 Å². The van der Waals surface area contributed by atoms with Gasteiger partial charge >= 0.3 is 0 Å². The summed E-state index contributed by atoms with van der Waals surface area (Å²) < 4.78 is 0. The van der Waals surface area contributed by atoms with Gasteiger partial charge in [-0.3, -0.25) is 14.6 Å². The first kappa shape index (κ1) is 17.2. The van der Waals surface area contributed by atoms with Crippen molar-refractivity contribution in [2.45, 2.75) is 4.90 Å². The minimum atomic E-state index is -0.458. The Morgan fingerprint density at radius 1 is 1.40 bits per heavy atom. The van der Waals surface area contributed by atoms with Gasteiger partial charge in [0.2, 0.25) is 5.91 Å². The number of thioether (sulfide) groups is 1. The number of aromatic nitrogens is 1. The van der Waals surface area contributed by atoms with E-state index in [2.05, 4.69) is 15.5 Å². The van der Waals surface area contributed by atoms with E-state index >= 15 is 0 Å². The molecule has 2 heterocycles. The molecule has 0 saturated carbocycles. The predicted molar refractivity (Wildman–Crippen MR) is 97.6 cm³/mol. The monoisotopic (exact) mass is 375 g/mol. The van der Waals surface area contributed by atoms with Crippen LogP contribution in [-0.2, 0) is 9.59 Å². The SMILES string of the molecule is N/C(=N\NC(=O)CN1C(=O)CSc2cc(Cl)ccc21)c1ccccn1. The largest absolute Gasteiger partial charge is 0.380 e. The highest BCUT2D eigenvalue weighted by molar-refractivity contribution is 8.00. The Morgan fingerprint density at radius 3 is 3.00 bits per heavy atom. The molecule has 0 unspecified atom stereocenters. The number of carbonyl (C=O) groups is 2. The molecule has 3 N–H and O–H groups in total. The zero-order valence-corrected chi connectivity index (χ0v) is 14.5. The molecule has 128 valence electrons. The summed E-state index contributed by atoms with van der Waals surface area (Å²) in [5.74, 6) is -0.279. The van der Waals surface area contributed by atoms with Crippen LogP contribution in [0, 0.1) is 0 Å². The van der Waals surface area contributed by atoms with Crippen LogP contribution in [0.3, 0.4) is 0 Å². The third-order valence-electron chi connectivity index (χ3n) is 3.39. The molecule has 0 spiro atoms. The number of hydrogen-bond acceptors (Lipinski definition) is 5. The Labute approximate surface area is 153 Å². The van der Waals surface area contributed by atoms with Gasteiger partial charge in [0.15, 0.2) is 5.84 Å². The summed E-state index contributed by atoms with van der Waals surface area (Å²) in [4.78, 5) is 30.6. The zero-order chi connectivity index (χ0) is 17.8. The predicted octanol–water partition coefficient (Wildman–Crippen LogP) is 1.61. The Bertz CT molecular complexity index is 844. The summed E-state index contributed by atoms with van der Waals surface area (Å²) >= 11 is 7.37. The number of fused-ring (bicyclic) bond motifs is 1. The van der Waals surface area contributed by atoms with E-state index in [1.807, 2.05) is 0 Å². The first-order valence-corrected chi connectivity index (χ1v) is 8.67. The lowest BCUT2D eigenvalue weighted by atomic mass is 10.2. The van der Waals surface area contributed by atoms with Gasteiger partial charge in [0.1, 0.15) is 12.2 Å². The van der Waals surface area contributed by atoms with Gasteiger partial charge in [-0.15, -0.1) is 11.8 Å². The molecule has 25 heavy (non-hydrogen) atoms. The van der Waals surface area contributed by atoms with Gasteiger partial charge in [0.25, 0.3) is 5.91 Å². The molecular weight excluding hydrogens is 362 g/mol. The molecule has 2 amide bonds. The topological polar surface area (TPSA) is 101 Å². The fourth-order valence-corrected chi connectivity index (χ4v) is 3.43. The minimum Gasteiger partial charge on any atom is -0.380 e. The maximum absolute atomic E-state index is 12.2. The number of rotatable bonds is 4. The van der Waals surface area contributed by atoms with Gasteiger partial charge in [-0.25, -0.2) is 5.43 Å². The zero-order valence-electron chi connectivity index (χ0n) is 13.0. The molecular formula is C16H14ClN5O2S. The maximum atomic E-state index is 12.2. The van der Waals surface area contributed by atoms with Crippen molar-refractivity contribution in [3.05, 3.63) is 53.3 Å². The third kappa shape index (κ3) is 4.09. The Morgan fingerprint density at radius 2 is 2.24 bits per heavy atom. The van der Waals surface area contributed by atoms with Crippen molar-refractivity contribution in [2.75, 3.05) is 17.2 Å². The van der Waals surface area contributed by atoms with Crippen molar-refractivity contribution in [3.63, 3.8) is 0 Å². The van der Waals surface area contributed by atoms with Gasteiger partial charge in [-0.2, -0.15) is 5.10 Å². The molecule has 1 aliphatic rings. The summed E-state index contributed by atoms with van der Waals surface area (Å²) in [6.07, 6.45) is 1.58. The third-order valence-corrected chi connectivity index (χ3v) is 4.66. The molecule has 0 fully saturated rings. The highest BCUT2D eigenvalue weighted by Gasteiger charge is 2.26. The molecule has 0 radical (unpaired) electrons. The first-order valence-electron chi connectivity index (χ1n) is 7.30. The van der Waals surface area contributed by atoms with Crippen molar-refractivity contribution in [3.8, 4) is 0 Å².